The molecular weight excluding hydrogens is 212 g/mol. The fourth-order valence-corrected chi connectivity index (χ4v) is 1.75. The summed E-state index contributed by atoms with van der Waals surface area (Å²) in [4.78, 5) is 11.2. The Balaban J connectivity index is 2.68. The van der Waals surface area contributed by atoms with Crippen LogP contribution in [-0.4, -0.2) is 31.4 Å². The predicted molar refractivity (Wildman–Crippen MR) is 55.7 cm³/mol. The molecule has 5 heteroatoms. The summed E-state index contributed by atoms with van der Waals surface area (Å²) in [6.45, 7) is 2.54. The average molecular weight is 224 g/mol. The third-order valence-corrected chi connectivity index (χ3v) is 2.39. The Morgan fingerprint density at radius 3 is 2.75 bits per heavy atom. The van der Waals surface area contributed by atoms with Gasteiger partial charge in [-0.05, 0) is 18.6 Å². The number of ether oxygens (including phenoxy) is 3. The van der Waals surface area contributed by atoms with Crippen LogP contribution in [0, 0.1) is 6.92 Å². The van der Waals surface area contributed by atoms with Gasteiger partial charge in [0.2, 0.25) is 0 Å². The van der Waals surface area contributed by atoms with Gasteiger partial charge in [-0.25, -0.2) is 4.79 Å². The van der Waals surface area contributed by atoms with Gasteiger partial charge in [0.25, 0.3) is 0 Å². The number of hydrogen-bond acceptors (Lipinski definition) is 4. The summed E-state index contributed by atoms with van der Waals surface area (Å²) in [5.41, 5.74) is 0.737. The molecule has 1 N–H and O–H groups in total. The zero-order valence-corrected chi connectivity index (χ0v) is 9.07. The summed E-state index contributed by atoms with van der Waals surface area (Å²) < 4.78 is 15.8. The first-order valence-electron chi connectivity index (χ1n) is 4.85. The first-order valence-corrected chi connectivity index (χ1v) is 4.85. The minimum Gasteiger partial charge on any atom is -0.495 e. The maximum atomic E-state index is 11.2. The zero-order chi connectivity index (χ0) is 11.7. The van der Waals surface area contributed by atoms with Crippen molar-refractivity contribution in [1.82, 2.24) is 0 Å². The lowest BCUT2D eigenvalue weighted by molar-refractivity contribution is 0.0681. The second-order valence-electron chi connectivity index (χ2n) is 3.43. The van der Waals surface area contributed by atoms with Crippen LogP contribution in [0.15, 0.2) is 6.07 Å². The smallest absolute Gasteiger partial charge is 0.343 e. The number of methoxy groups -OCH3 is 1. The van der Waals surface area contributed by atoms with Crippen molar-refractivity contribution in [2.45, 2.75) is 6.92 Å². The Bertz CT molecular complexity index is 438. The number of fused-ring (bicyclic) bond motifs is 1. The molecular formula is C11H12O5. The molecule has 16 heavy (non-hydrogen) atoms. The van der Waals surface area contributed by atoms with E-state index >= 15 is 0 Å². The normalized spacial score (nSPS) is 13.4. The fraction of sp³-hybridized carbons (Fsp3) is 0.364. The molecule has 0 radical (unpaired) electrons. The standard InChI is InChI=1S/C11H12O5/c1-6-5-7-10(16-4-3-15-7)8(11(12)13)9(6)14-2/h5H,3-4H2,1-2H3,(H,12,13). The minimum absolute atomic E-state index is 0.0252. The first kappa shape index (κ1) is 10.6. The van der Waals surface area contributed by atoms with E-state index in [1.807, 2.05) is 0 Å². The van der Waals surface area contributed by atoms with Gasteiger partial charge >= 0.3 is 5.97 Å². The summed E-state index contributed by atoms with van der Waals surface area (Å²) >= 11 is 0. The number of aryl methyl sites for hydroxylation is 1. The van der Waals surface area contributed by atoms with Crippen LogP contribution in [0.3, 0.4) is 0 Å². The molecule has 0 bridgehead atoms. The molecule has 0 amide bonds. The lowest BCUT2D eigenvalue weighted by Crippen LogP contribution is -2.18. The Morgan fingerprint density at radius 1 is 1.44 bits per heavy atom. The molecule has 1 aliphatic heterocycles. The van der Waals surface area contributed by atoms with E-state index in [1.165, 1.54) is 7.11 Å². The maximum Gasteiger partial charge on any atom is 0.343 e. The third kappa shape index (κ3) is 1.54. The molecule has 1 heterocycles. The van der Waals surface area contributed by atoms with Gasteiger partial charge in [-0.15, -0.1) is 0 Å². The van der Waals surface area contributed by atoms with Crippen molar-refractivity contribution < 1.29 is 24.1 Å². The molecule has 0 aromatic heterocycles. The monoisotopic (exact) mass is 224 g/mol. The van der Waals surface area contributed by atoms with Crippen molar-refractivity contribution >= 4 is 5.97 Å². The van der Waals surface area contributed by atoms with Crippen molar-refractivity contribution in [2.75, 3.05) is 20.3 Å². The lowest BCUT2D eigenvalue weighted by Gasteiger charge is -2.22. The van der Waals surface area contributed by atoms with Crippen LogP contribution in [0.2, 0.25) is 0 Å². The number of carboxylic acids is 1. The molecule has 1 aromatic rings. The molecule has 0 fully saturated rings. The molecule has 0 saturated heterocycles. The maximum absolute atomic E-state index is 11.2. The van der Waals surface area contributed by atoms with Gasteiger partial charge in [-0.3, -0.25) is 0 Å². The Morgan fingerprint density at radius 2 is 2.12 bits per heavy atom. The van der Waals surface area contributed by atoms with E-state index in [0.29, 0.717) is 30.3 Å². The summed E-state index contributed by atoms with van der Waals surface area (Å²) in [5, 5.41) is 9.16. The molecule has 0 aliphatic carbocycles. The van der Waals surface area contributed by atoms with Crippen molar-refractivity contribution in [3.05, 3.63) is 17.2 Å². The van der Waals surface area contributed by atoms with Gasteiger partial charge in [0.15, 0.2) is 11.5 Å². The molecule has 0 atom stereocenters. The summed E-state index contributed by atoms with van der Waals surface area (Å²) in [6.07, 6.45) is 0. The molecule has 86 valence electrons. The van der Waals surface area contributed by atoms with Crippen LogP contribution in [0.1, 0.15) is 15.9 Å². The van der Waals surface area contributed by atoms with Gasteiger partial charge in [-0.1, -0.05) is 0 Å². The molecule has 5 nitrogen and oxygen atoms in total. The highest BCUT2D eigenvalue weighted by Crippen LogP contribution is 2.41. The van der Waals surface area contributed by atoms with Crippen LogP contribution in [0.4, 0.5) is 0 Å². The molecule has 2 rings (SSSR count). The number of benzene rings is 1. The van der Waals surface area contributed by atoms with Crippen LogP contribution in [0.5, 0.6) is 17.2 Å². The highest BCUT2D eigenvalue weighted by molar-refractivity contribution is 5.96. The van der Waals surface area contributed by atoms with Crippen molar-refractivity contribution in [3.63, 3.8) is 0 Å². The summed E-state index contributed by atoms with van der Waals surface area (Å²) in [7, 11) is 1.44. The average Bonchev–Trinajstić information content (AvgIpc) is 2.26. The van der Waals surface area contributed by atoms with E-state index in [-0.39, 0.29) is 11.3 Å². The molecule has 0 unspecified atom stereocenters. The number of carbonyl (C=O) groups is 1. The van der Waals surface area contributed by atoms with Crippen LogP contribution < -0.4 is 14.2 Å². The molecule has 0 spiro atoms. The second kappa shape index (κ2) is 3.92. The topological polar surface area (TPSA) is 65.0 Å². The Labute approximate surface area is 92.5 Å². The second-order valence-corrected chi connectivity index (χ2v) is 3.43. The van der Waals surface area contributed by atoms with Gasteiger partial charge in [0.1, 0.15) is 24.5 Å². The van der Waals surface area contributed by atoms with Crippen molar-refractivity contribution in [3.8, 4) is 17.2 Å². The highest BCUT2D eigenvalue weighted by atomic mass is 16.6. The van der Waals surface area contributed by atoms with E-state index < -0.39 is 5.97 Å². The number of aromatic carboxylic acids is 1. The van der Waals surface area contributed by atoms with Crippen LogP contribution in [0.25, 0.3) is 0 Å². The van der Waals surface area contributed by atoms with E-state index in [4.69, 9.17) is 19.3 Å². The van der Waals surface area contributed by atoms with Gasteiger partial charge in [0.05, 0.1) is 7.11 Å². The number of carboxylic acid groups (broad SMARTS) is 1. The lowest BCUT2D eigenvalue weighted by atomic mass is 10.1. The molecule has 1 aromatic carbocycles. The zero-order valence-electron chi connectivity index (χ0n) is 9.07. The van der Waals surface area contributed by atoms with Crippen LogP contribution in [-0.2, 0) is 0 Å². The minimum atomic E-state index is -1.08. The quantitative estimate of drug-likeness (QED) is 0.824. The van der Waals surface area contributed by atoms with E-state index in [1.54, 1.807) is 13.0 Å². The first-order chi connectivity index (χ1) is 7.65. The number of hydrogen-bond donors (Lipinski definition) is 1. The third-order valence-electron chi connectivity index (χ3n) is 2.39. The van der Waals surface area contributed by atoms with Gasteiger partial charge in [0, 0.05) is 0 Å². The highest BCUT2D eigenvalue weighted by Gasteiger charge is 2.26. The Kier molecular flexibility index (Phi) is 2.60. The van der Waals surface area contributed by atoms with Gasteiger partial charge in [-0.2, -0.15) is 0 Å². The Hall–Kier alpha value is -1.91. The molecule has 1 aliphatic rings. The van der Waals surface area contributed by atoms with E-state index in [9.17, 15) is 4.79 Å². The van der Waals surface area contributed by atoms with Gasteiger partial charge < -0.3 is 19.3 Å². The summed E-state index contributed by atoms with van der Waals surface area (Å²) in [5.74, 6) is -0.0535. The van der Waals surface area contributed by atoms with Crippen molar-refractivity contribution in [1.29, 1.82) is 0 Å². The van der Waals surface area contributed by atoms with E-state index in [2.05, 4.69) is 0 Å². The predicted octanol–water partition coefficient (Wildman–Crippen LogP) is 1.47. The fourth-order valence-electron chi connectivity index (χ4n) is 1.75. The number of rotatable bonds is 2. The molecule has 0 saturated carbocycles. The SMILES string of the molecule is COc1c(C)cc2c(c1C(=O)O)OCCO2. The van der Waals surface area contributed by atoms with E-state index in [0.717, 1.165) is 0 Å². The van der Waals surface area contributed by atoms with Crippen LogP contribution >= 0.6 is 0 Å². The van der Waals surface area contributed by atoms with Crippen molar-refractivity contribution in [2.24, 2.45) is 0 Å². The summed E-state index contributed by atoms with van der Waals surface area (Å²) in [6, 6.07) is 1.72. The largest absolute Gasteiger partial charge is 0.495 e.